The SMILES string of the molecule is C=CCN(C(=O)OCc1ccccc1)[C@@H](C)C(=O)O[C@@H]1[C@H](O)[C@@H](CO[Si](C)(C)C(C)(C)C)O[C@H]1n1cnc2c(NC(=O)c3ccccc3)ncnc21. The summed E-state index contributed by atoms with van der Waals surface area (Å²) in [4.78, 5) is 54.2. The van der Waals surface area contributed by atoms with E-state index in [-0.39, 0.29) is 41.8 Å². The van der Waals surface area contributed by atoms with Crippen molar-refractivity contribution in [2.45, 2.75) is 83.0 Å². The predicted octanol–water partition coefficient (Wildman–Crippen LogP) is 5.48. The molecule has 2 N–H and O–H groups in total. The van der Waals surface area contributed by atoms with Gasteiger partial charge in [-0.2, -0.15) is 0 Å². The molecule has 5 rings (SSSR count). The van der Waals surface area contributed by atoms with Gasteiger partial charge in [-0.25, -0.2) is 24.5 Å². The molecular formula is C37H46N6O8Si. The Hall–Kier alpha value is -4.96. The largest absolute Gasteiger partial charge is 0.453 e. The Morgan fingerprint density at radius 1 is 1.08 bits per heavy atom. The van der Waals surface area contributed by atoms with Crippen LogP contribution in [-0.2, 0) is 30.0 Å². The van der Waals surface area contributed by atoms with Gasteiger partial charge in [0.15, 0.2) is 37.6 Å². The fraction of sp³-hybridized carbons (Fsp3) is 0.405. The molecule has 1 saturated heterocycles. The van der Waals surface area contributed by atoms with Gasteiger partial charge in [0, 0.05) is 12.1 Å². The minimum atomic E-state index is -2.27. The number of aromatic nitrogens is 4. The van der Waals surface area contributed by atoms with Crippen molar-refractivity contribution in [3.8, 4) is 0 Å². The molecule has 1 aliphatic rings. The number of hydrogen-bond acceptors (Lipinski definition) is 11. The lowest BCUT2D eigenvalue weighted by molar-refractivity contribution is -0.163. The Morgan fingerprint density at radius 2 is 1.75 bits per heavy atom. The molecule has 5 atom stereocenters. The Balaban J connectivity index is 1.41. The molecule has 1 fully saturated rings. The number of carbonyl (C=O) groups excluding carboxylic acids is 3. The molecule has 0 unspecified atom stereocenters. The first-order chi connectivity index (χ1) is 24.7. The molecule has 0 radical (unpaired) electrons. The molecule has 1 aliphatic heterocycles. The average molecular weight is 731 g/mol. The number of benzene rings is 2. The van der Waals surface area contributed by atoms with Gasteiger partial charge in [-0.3, -0.25) is 14.3 Å². The third-order valence-electron chi connectivity index (χ3n) is 9.45. The third-order valence-corrected chi connectivity index (χ3v) is 14.0. The molecule has 3 heterocycles. The molecule has 52 heavy (non-hydrogen) atoms. The highest BCUT2D eigenvalue weighted by atomic mass is 28.4. The molecule has 2 aromatic carbocycles. The quantitative estimate of drug-likeness (QED) is 0.102. The molecule has 4 aromatic rings. The average Bonchev–Trinajstić information content (AvgIpc) is 3.69. The summed E-state index contributed by atoms with van der Waals surface area (Å²) >= 11 is 0. The summed E-state index contributed by atoms with van der Waals surface area (Å²) in [5.74, 6) is -1.04. The van der Waals surface area contributed by atoms with Crippen LogP contribution in [0.3, 0.4) is 0 Å². The molecule has 0 saturated carbocycles. The summed E-state index contributed by atoms with van der Waals surface area (Å²) < 4.78 is 25.8. The van der Waals surface area contributed by atoms with E-state index in [0.29, 0.717) is 5.56 Å². The van der Waals surface area contributed by atoms with Crippen LogP contribution in [0, 0.1) is 0 Å². The van der Waals surface area contributed by atoms with Crippen molar-refractivity contribution in [3.05, 3.63) is 97.1 Å². The van der Waals surface area contributed by atoms with Gasteiger partial charge >= 0.3 is 12.1 Å². The molecule has 2 amide bonds. The van der Waals surface area contributed by atoms with Crippen LogP contribution in [0.4, 0.5) is 10.6 Å². The highest BCUT2D eigenvalue weighted by Gasteiger charge is 2.50. The number of rotatable bonds is 13. The maximum Gasteiger partial charge on any atom is 0.411 e. The molecule has 0 aliphatic carbocycles. The topological polar surface area (TPSA) is 167 Å². The Bertz CT molecular complexity index is 1870. The van der Waals surface area contributed by atoms with E-state index >= 15 is 0 Å². The molecule has 0 spiro atoms. The number of imidazole rings is 1. The summed E-state index contributed by atoms with van der Waals surface area (Å²) in [6, 6.07) is 16.7. The van der Waals surface area contributed by atoms with Gasteiger partial charge in [-0.1, -0.05) is 75.4 Å². The van der Waals surface area contributed by atoms with Crippen LogP contribution in [0.15, 0.2) is 86.0 Å². The van der Waals surface area contributed by atoms with Gasteiger partial charge in [0.2, 0.25) is 0 Å². The van der Waals surface area contributed by atoms with Crippen molar-refractivity contribution in [1.29, 1.82) is 0 Å². The van der Waals surface area contributed by atoms with E-state index in [1.807, 2.05) is 30.3 Å². The smallest absolute Gasteiger partial charge is 0.411 e. The Labute approximate surface area is 303 Å². The second-order valence-corrected chi connectivity index (χ2v) is 18.9. The molecule has 14 nitrogen and oxygen atoms in total. The van der Waals surface area contributed by atoms with E-state index in [2.05, 4.69) is 60.7 Å². The molecule has 15 heteroatoms. The summed E-state index contributed by atoms with van der Waals surface area (Å²) in [6.45, 7) is 15.7. The van der Waals surface area contributed by atoms with Crippen LogP contribution in [0.5, 0.6) is 0 Å². The maximum atomic E-state index is 13.8. The number of nitrogens with one attached hydrogen (secondary N) is 1. The summed E-state index contributed by atoms with van der Waals surface area (Å²) in [6.07, 6.45) is -1.20. The van der Waals surface area contributed by atoms with Crippen molar-refractivity contribution in [3.63, 3.8) is 0 Å². The van der Waals surface area contributed by atoms with E-state index in [9.17, 15) is 19.5 Å². The Morgan fingerprint density at radius 3 is 2.40 bits per heavy atom. The zero-order valence-corrected chi connectivity index (χ0v) is 31.3. The number of hydrogen-bond donors (Lipinski definition) is 2. The summed E-state index contributed by atoms with van der Waals surface area (Å²) in [5.41, 5.74) is 1.72. The highest BCUT2D eigenvalue weighted by molar-refractivity contribution is 6.74. The number of carbonyl (C=O) groups is 3. The zero-order chi connectivity index (χ0) is 37.6. The van der Waals surface area contributed by atoms with Crippen molar-refractivity contribution in [2.24, 2.45) is 0 Å². The normalized spacial score (nSPS) is 19.5. The van der Waals surface area contributed by atoms with Gasteiger partial charge in [0.05, 0.1) is 12.9 Å². The fourth-order valence-electron chi connectivity index (χ4n) is 5.30. The van der Waals surface area contributed by atoms with Crippen LogP contribution in [-0.4, -0.2) is 93.3 Å². The molecular weight excluding hydrogens is 685 g/mol. The minimum absolute atomic E-state index is 0.000570. The number of nitrogens with zero attached hydrogens (tertiary/aromatic N) is 5. The van der Waals surface area contributed by atoms with Gasteiger partial charge in [-0.15, -0.1) is 6.58 Å². The molecule has 2 aromatic heterocycles. The van der Waals surface area contributed by atoms with Crippen LogP contribution in [0.2, 0.25) is 18.1 Å². The number of anilines is 1. The second-order valence-electron chi connectivity index (χ2n) is 14.1. The van der Waals surface area contributed by atoms with Gasteiger partial charge in [0.25, 0.3) is 5.91 Å². The van der Waals surface area contributed by atoms with E-state index < -0.39 is 56.9 Å². The van der Waals surface area contributed by atoms with Gasteiger partial charge in [-0.05, 0) is 42.8 Å². The molecule has 276 valence electrons. The minimum Gasteiger partial charge on any atom is -0.453 e. The Kier molecular flexibility index (Phi) is 11.9. The lowest BCUT2D eigenvalue weighted by Gasteiger charge is -2.37. The van der Waals surface area contributed by atoms with Crippen LogP contribution < -0.4 is 5.32 Å². The highest BCUT2D eigenvalue weighted by Crippen LogP contribution is 2.39. The number of esters is 1. The number of fused-ring (bicyclic) bond motifs is 1. The van der Waals surface area contributed by atoms with E-state index in [1.54, 1.807) is 30.3 Å². The predicted molar refractivity (Wildman–Crippen MR) is 196 cm³/mol. The van der Waals surface area contributed by atoms with E-state index in [0.717, 1.165) is 5.56 Å². The van der Waals surface area contributed by atoms with Crippen molar-refractivity contribution >= 4 is 43.3 Å². The fourth-order valence-corrected chi connectivity index (χ4v) is 6.32. The standard InChI is InChI=1S/C37H46N6O8Si/c1-8-19-42(36(47)48-20-25-15-11-9-12-16-25)24(2)35(46)51-30-29(44)27(21-49-52(6,7)37(3,4)5)50-34(30)43-23-40-28-31(38-22-39-32(28)43)41-33(45)26-17-13-10-14-18-26/h8-18,22-24,27,29-30,34,44H,1,19-21H2,2-7H3,(H,38,39,41,45)/t24-,27+,29+,30+,34+/m0/s1. The molecule has 0 bridgehead atoms. The van der Waals surface area contributed by atoms with Crippen molar-refractivity contribution < 1.29 is 38.1 Å². The monoisotopic (exact) mass is 730 g/mol. The number of ether oxygens (including phenoxy) is 3. The van der Waals surface area contributed by atoms with Crippen LogP contribution in [0.25, 0.3) is 11.2 Å². The van der Waals surface area contributed by atoms with Crippen molar-refractivity contribution in [1.82, 2.24) is 24.4 Å². The third kappa shape index (κ3) is 8.56. The van der Waals surface area contributed by atoms with E-state index in [1.165, 1.54) is 35.1 Å². The number of amides is 2. The zero-order valence-electron chi connectivity index (χ0n) is 30.3. The lowest BCUT2D eigenvalue weighted by atomic mass is 10.1. The maximum absolute atomic E-state index is 13.8. The van der Waals surface area contributed by atoms with Gasteiger partial charge < -0.3 is 29.1 Å². The van der Waals surface area contributed by atoms with Crippen LogP contribution in [0.1, 0.15) is 49.8 Å². The van der Waals surface area contributed by atoms with Gasteiger partial charge in [0.1, 0.15) is 31.2 Å². The summed E-state index contributed by atoms with van der Waals surface area (Å²) in [7, 11) is -2.27. The first-order valence-electron chi connectivity index (χ1n) is 17.0. The van der Waals surface area contributed by atoms with Crippen molar-refractivity contribution in [2.75, 3.05) is 18.5 Å². The second kappa shape index (κ2) is 16.2. The van der Waals surface area contributed by atoms with Crippen LogP contribution >= 0.6 is 0 Å². The summed E-state index contributed by atoms with van der Waals surface area (Å²) in [5, 5.41) is 14.3. The number of aliphatic hydroxyl groups is 1. The number of aliphatic hydroxyl groups excluding tert-OH is 1. The first kappa shape index (κ1) is 38.3. The van der Waals surface area contributed by atoms with E-state index in [4.69, 9.17) is 18.6 Å². The first-order valence-corrected chi connectivity index (χ1v) is 19.9. The lowest BCUT2D eigenvalue weighted by Crippen LogP contribution is -2.47.